The summed E-state index contributed by atoms with van der Waals surface area (Å²) in [7, 11) is 2.97. The Kier molecular flexibility index (Phi) is 24.7. The molecule has 0 spiro atoms. The highest BCUT2D eigenvalue weighted by Crippen LogP contribution is 2.44. The third-order valence-electron chi connectivity index (χ3n) is 6.98. The maximum Gasteiger partial charge on any atom is 0.472 e. The van der Waals surface area contributed by atoms with E-state index in [4.69, 9.17) is 37.0 Å². The summed E-state index contributed by atoms with van der Waals surface area (Å²) in [4.78, 5) is 20.4. The van der Waals surface area contributed by atoms with Crippen molar-refractivity contribution in [1.82, 2.24) is 0 Å². The zero-order valence-corrected chi connectivity index (χ0v) is 35.9. The van der Waals surface area contributed by atoms with Gasteiger partial charge < -0.3 is 37.7 Å². The van der Waals surface area contributed by atoms with E-state index < -0.39 is 27.9 Å². The van der Waals surface area contributed by atoms with Gasteiger partial charge in [0.05, 0.1) is 95.1 Å². The molecule has 0 aromatic rings. The van der Waals surface area contributed by atoms with Crippen molar-refractivity contribution in [3.63, 3.8) is 0 Å². The molecule has 312 valence electrons. The number of likely N-dealkylation sites (N-methyl/N-ethyl adjacent to an activating group) is 2. The van der Waals surface area contributed by atoms with E-state index in [0.717, 1.165) is 0 Å². The molecule has 0 bridgehead atoms. The van der Waals surface area contributed by atoms with Crippen LogP contribution in [0.15, 0.2) is 48.6 Å². The molecule has 0 amide bonds. The molecular weight excluding hydrogens is 762 g/mol. The molecule has 1 heterocycles. The summed E-state index contributed by atoms with van der Waals surface area (Å²) in [5.74, 6) is 22.8. The van der Waals surface area contributed by atoms with Gasteiger partial charge in [0.2, 0.25) is 0 Å². The normalized spacial score (nSPS) is 21.5. The molecule has 2 N–H and O–H groups in total. The Labute approximate surface area is 335 Å². The van der Waals surface area contributed by atoms with Crippen LogP contribution in [0.1, 0.15) is 25.7 Å². The van der Waals surface area contributed by atoms with Gasteiger partial charge in [-0.1, -0.05) is 50.0 Å². The number of quaternary nitrogens is 2. The highest BCUT2D eigenvalue weighted by molar-refractivity contribution is 7.47. The van der Waals surface area contributed by atoms with Crippen molar-refractivity contribution in [3.05, 3.63) is 48.6 Å². The quantitative estimate of drug-likeness (QED) is 0.112. The smallest absolute Gasteiger partial charge is 0.374 e. The van der Waals surface area contributed by atoms with Gasteiger partial charge in [-0.3, -0.25) is 18.1 Å². The van der Waals surface area contributed by atoms with Gasteiger partial charge in [-0.25, -0.2) is 9.13 Å². The van der Waals surface area contributed by atoms with E-state index in [1.807, 2.05) is 42.3 Å². The van der Waals surface area contributed by atoms with Crippen molar-refractivity contribution in [2.45, 2.75) is 37.9 Å². The lowest BCUT2D eigenvalue weighted by atomic mass is 10.2. The van der Waals surface area contributed by atoms with Crippen LogP contribution in [0.4, 0.5) is 0 Å². The van der Waals surface area contributed by atoms with Gasteiger partial charge in [0.25, 0.3) is 0 Å². The summed E-state index contributed by atoms with van der Waals surface area (Å²) < 4.78 is 70.1. The lowest BCUT2D eigenvalue weighted by molar-refractivity contribution is -0.870. The van der Waals surface area contributed by atoms with Gasteiger partial charge in [-0.2, -0.15) is 0 Å². The van der Waals surface area contributed by atoms with E-state index in [1.165, 1.54) is 0 Å². The van der Waals surface area contributed by atoms with Crippen LogP contribution in [0.2, 0.25) is 0 Å². The molecule has 1 aliphatic heterocycles. The molecule has 0 radical (unpaired) electrons. The first-order valence-electron chi connectivity index (χ1n) is 18.0. The molecule has 0 aliphatic carbocycles. The Balaban J connectivity index is 2.96. The van der Waals surface area contributed by atoms with Gasteiger partial charge >= 0.3 is 15.6 Å². The maximum atomic E-state index is 12.5. The van der Waals surface area contributed by atoms with E-state index in [1.54, 1.807) is 0 Å². The van der Waals surface area contributed by atoms with Crippen LogP contribution < -0.4 is 0 Å². The van der Waals surface area contributed by atoms with Crippen LogP contribution in [-0.4, -0.2) is 152 Å². The number of phosphoric acid groups is 2. The number of nitrogens with zero attached hydrogens (tertiary/aromatic N) is 2. The fourth-order valence-corrected chi connectivity index (χ4v) is 5.26. The average molecular weight is 825 g/mol. The maximum absolute atomic E-state index is 12.5. The molecule has 16 heteroatoms. The van der Waals surface area contributed by atoms with Gasteiger partial charge in [0, 0.05) is 25.7 Å². The number of hydrogen-bond donors (Lipinski definition) is 2. The SMILES string of the molecule is C=C1CC#CC#CCC(=C)COC[C@H](COP(=O)(O)OCC[N+](C)(C)C)OCC(=C)CC#CC#CCC(=C)CO[C@@H](COP(=O)(O)OCC[N+](C)(C)C)COC1. The summed E-state index contributed by atoms with van der Waals surface area (Å²) in [5.41, 5.74) is 2.68. The molecule has 14 nitrogen and oxygen atoms in total. The second-order valence-electron chi connectivity index (χ2n) is 15.0. The van der Waals surface area contributed by atoms with Crippen molar-refractivity contribution in [1.29, 1.82) is 0 Å². The number of hydrogen-bond acceptors (Lipinski definition) is 10. The standard InChI is InChI=1S/C40H60N2O12P2/c1-35-19-15-11-12-16-20-36(2)28-48-32-40(34-54-56(45,46)52-26-24-42(8,9)10)50-30-38(4)22-18-14-13-17-21-37(3)29-49-39(31-47-27-35)33-53-55(43,44)51-25-23-41(5,6)7/h39-40H,1-4,19-34H2,5-10H3/p+2/t39-,40-/m1/s1. The lowest BCUT2D eigenvalue weighted by Gasteiger charge is -2.24. The first-order chi connectivity index (χ1) is 26.1. The molecule has 0 aromatic carbocycles. The number of ether oxygens (including phenoxy) is 4. The predicted molar refractivity (Wildman–Crippen MR) is 217 cm³/mol. The molecule has 4 atom stereocenters. The zero-order valence-electron chi connectivity index (χ0n) is 34.1. The fourth-order valence-electron chi connectivity index (χ4n) is 3.78. The molecular formula is C40H62N2O12P2+2. The zero-order chi connectivity index (χ0) is 42.1. The van der Waals surface area contributed by atoms with Crippen molar-refractivity contribution < 1.29 is 64.9 Å². The number of rotatable bonds is 14. The first kappa shape index (κ1) is 51.2. The first-order valence-corrected chi connectivity index (χ1v) is 21.0. The van der Waals surface area contributed by atoms with Crippen LogP contribution in [0.25, 0.3) is 0 Å². The summed E-state index contributed by atoms with van der Waals surface area (Å²) in [5, 5.41) is 0. The van der Waals surface area contributed by atoms with E-state index in [2.05, 4.69) is 73.7 Å². The second kappa shape index (κ2) is 27.0. The van der Waals surface area contributed by atoms with Crippen LogP contribution in [0.5, 0.6) is 0 Å². The average Bonchev–Trinajstić information content (AvgIpc) is 3.07. The summed E-state index contributed by atoms with van der Waals surface area (Å²) >= 11 is 0. The molecule has 1 rings (SSSR count). The van der Waals surface area contributed by atoms with Crippen LogP contribution in [-0.2, 0) is 46.2 Å². The van der Waals surface area contributed by atoms with E-state index in [0.29, 0.717) is 70.0 Å². The third-order valence-corrected chi connectivity index (χ3v) is 8.95. The fraction of sp³-hybridized carbons (Fsp3) is 0.600. The Morgan fingerprint density at radius 3 is 1.18 bits per heavy atom. The third kappa shape index (κ3) is 30.3. The summed E-state index contributed by atoms with van der Waals surface area (Å²) in [6.45, 7) is 17.1. The summed E-state index contributed by atoms with van der Waals surface area (Å²) in [6, 6.07) is 0. The number of phosphoric ester groups is 2. The second-order valence-corrected chi connectivity index (χ2v) is 17.9. The van der Waals surface area contributed by atoms with Crippen molar-refractivity contribution in [2.24, 2.45) is 0 Å². The van der Waals surface area contributed by atoms with Crippen molar-refractivity contribution in [2.75, 3.05) is 121 Å². The largest absolute Gasteiger partial charge is 0.472 e. The Bertz CT molecular complexity index is 1530. The molecule has 1 aliphatic rings. The predicted octanol–water partition coefficient (Wildman–Crippen LogP) is 4.28. The summed E-state index contributed by atoms with van der Waals surface area (Å²) in [6.07, 6.45) is -0.200. The molecule has 0 saturated carbocycles. The highest BCUT2D eigenvalue weighted by Gasteiger charge is 2.26. The van der Waals surface area contributed by atoms with Gasteiger partial charge in [-0.15, -0.1) is 0 Å². The van der Waals surface area contributed by atoms with Crippen molar-refractivity contribution in [3.8, 4) is 47.4 Å². The minimum absolute atomic E-state index is 0.0361. The van der Waals surface area contributed by atoms with Crippen LogP contribution in [0.3, 0.4) is 0 Å². The van der Waals surface area contributed by atoms with Crippen LogP contribution >= 0.6 is 15.6 Å². The molecule has 2 unspecified atom stereocenters. The Morgan fingerprint density at radius 2 is 0.875 bits per heavy atom. The molecule has 0 aromatic heterocycles. The van der Waals surface area contributed by atoms with Gasteiger partial charge in [0.15, 0.2) is 0 Å². The minimum Gasteiger partial charge on any atom is -0.374 e. The Hall–Kier alpha value is -2.82. The van der Waals surface area contributed by atoms with E-state index in [9.17, 15) is 18.9 Å². The van der Waals surface area contributed by atoms with E-state index in [-0.39, 0.29) is 66.1 Å². The molecule has 0 fully saturated rings. The van der Waals surface area contributed by atoms with Crippen molar-refractivity contribution >= 4 is 15.6 Å². The lowest BCUT2D eigenvalue weighted by Crippen LogP contribution is -2.37. The monoisotopic (exact) mass is 824 g/mol. The van der Waals surface area contributed by atoms with Gasteiger partial charge in [-0.05, 0) is 46.0 Å². The van der Waals surface area contributed by atoms with E-state index >= 15 is 0 Å². The van der Waals surface area contributed by atoms with Gasteiger partial charge in [0.1, 0.15) is 38.5 Å². The molecule has 0 saturated heterocycles. The topological polar surface area (TPSA) is 148 Å². The Morgan fingerprint density at radius 1 is 0.571 bits per heavy atom. The molecule has 56 heavy (non-hydrogen) atoms. The highest BCUT2D eigenvalue weighted by atomic mass is 31.2. The minimum atomic E-state index is -4.33. The van der Waals surface area contributed by atoms with Crippen LogP contribution in [0, 0.1) is 47.4 Å².